The molecule has 1 aliphatic carbocycles. The molecule has 1 aromatic carbocycles. The molecule has 2 heteroatoms. The minimum Gasteiger partial charge on any atom is -0.497 e. The van der Waals surface area contributed by atoms with Gasteiger partial charge < -0.3 is 10.1 Å². The number of ether oxygens (including phenoxy) is 1. The topological polar surface area (TPSA) is 21.3 Å². The molecule has 1 aliphatic rings. The van der Waals surface area contributed by atoms with Crippen LogP contribution >= 0.6 is 0 Å². The van der Waals surface area contributed by atoms with E-state index in [1.807, 2.05) is 0 Å². The van der Waals surface area contributed by atoms with Gasteiger partial charge in [0.2, 0.25) is 0 Å². The number of hydrogen-bond acceptors (Lipinski definition) is 2. The van der Waals surface area contributed by atoms with Crippen LogP contribution in [0.2, 0.25) is 0 Å². The average Bonchev–Trinajstić information content (AvgIpc) is 2.73. The largest absolute Gasteiger partial charge is 0.497 e. The quantitative estimate of drug-likeness (QED) is 0.607. The Balaban J connectivity index is 2.15. The van der Waals surface area contributed by atoms with Crippen LogP contribution in [-0.2, 0) is 0 Å². The van der Waals surface area contributed by atoms with Crippen LogP contribution in [0.4, 0.5) is 0 Å². The van der Waals surface area contributed by atoms with E-state index in [9.17, 15) is 0 Å². The molecule has 1 aromatic rings. The van der Waals surface area contributed by atoms with Gasteiger partial charge in [-0.2, -0.15) is 0 Å². The predicted molar refractivity (Wildman–Crippen MR) is 90.2 cm³/mol. The lowest BCUT2D eigenvalue weighted by molar-refractivity contribution is 0.373. The third kappa shape index (κ3) is 4.47. The molecular weight excluding hydrogens is 258 g/mol. The second-order valence-corrected chi connectivity index (χ2v) is 6.43. The Morgan fingerprint density at radius 3 is 2.71 bits per heavy atom. The highest BCUT2D eigenvalue weighted by molar-refractivity contribution is 5.37. The highest BCUT2D eigenvalue weighted by Crippen LogP contribution is 2.38. The van der Waals surface area contributed by atoms with Crippen molar-refractivity contribution in [2.45, 2.75) is 58.3 Å². The molecule has 0 amide bonds. The van der Waals surface area contributed by atoms with E-state index in [1.54, 1.807) is 12.7 Å². The zero-order chi connectivity index (χ0) is 15.1. The second-order valence-electron chi connectivity index (χ2n) is 6.43. The van der Waals surface area contributed by atoms with E-state index in [2.05, 4.69) is 37.4 Å². The highest BCUT2D eigenvalue weighted by Gasteiger charge is 2.26. The third-order valence-electron chi connectivity index (χ3n) is 4.87. The Morgan fingerprint density at radius 2 is 2.00 bits per heavy atom. The molecule has 0 spiro atoms. The zero-order valence-electron chi connectivity index (χ0n) is 14.0. The molecule has 2 unspecified atom stereocenters. The summed E-state index contributed by atoms with van der Waals surface area (Å²) in [4.78, 5) is 0. The molecule has 0 heterocycles. The van der Waals surface area contributed by atoms with Gasteiger partial charge in [-0.15, -0.1) is 0 Å². The summed E-state index contributed by atoms with van der Waals surface area (Å²) in [6.07, 6.45) is 8.10. The van der Waals surface area contributed by atoms with Gasteiger partial charge in [-0.05, 0) is 74.4 Å². The summed E-state index contributed by atoms with van der Waals surface area (Å²) in [5.74, 6) is 2.47. The maximum atomic E-state index is 5.36. The lowest BCUT2D eigenvalue weighted by Gasteiger charge is -2.27. The van der Waals surface area contributed by atoms with Gasteiger partial charge in [0, 0.05) is 0 Å². The van der Waals surface area contributed by atoms with Crippen molar-refractivity contribution in [1.29, 1.82) is 0 Å². The number of rotatable bonds is 6. The molecule has 0 saturated heterocycles. The van der Waals surface area contributed by atoms with E-state index in [-0.39, 0.29) is 0 Å². The van der Waals surface area contributed by atoms with Crippen molar-refractivity contribution in [2.24, 2.45) is 5.92 Å². The lowest BCUT2D eigenvalue weighted by Crippen LogP contribution is -2.27. The Labute approximate surface area is 130 Å². The van der Waals surface area contributed by atoms with Gasteiger partial charge in [0.1, 0.15) is 5.75 Å². The van der Waals surface area contributed by atoms with Gasteiger partial charge in [0.25, 0.3) is 0 Å². The molecule has 0 aromatic heterocycles. The van der Waals surface area contributed by atoms with Crippen molar-refractivity contribution in [3.8, 4) is 5.75 Å². The molecular formula is C19H31NO. The Kier molecular flexibility index (Phi) is 6.56. The minimum absolute atomic E-state index is 0.711. The van der Waals surface area contributed by atoms with Crippen LogP contribution in [-0.4, -0.2) is 20.2 Å². The molecule has 0 bridgehead atoms. The number of aryl methyl sites for hydroxylation is 1. The maximum Gasteiger partial charge on any atom is 0.119 e. The van der Waals surface area contributed by atoms with Gasteiger partial charge >= 0.3 is 0 Å². The molecule has 2 nitrogen and oxygen atoms in total. The number of hydrogen-bond donors (Lipinski definition) is 1. The highest BCUT2D eigenvalue weighted by atomic mass is 16.5. The molecule has 0 aliphatic heterocycles. The lowest BCUT2D eigenvalue weighted by atomic mass is 9.80. The van der Waals surface area contributed by atoms with E-state index in [0.717, 1.165) is 18.2 Å². The molecule has 2 rings (SSSR count). The van der Waals surface area contributed by atoms with Crippen molar-refractivity contribution in [3.05, 3.63) is 29.3 Å². The van der Waals surface area contributed by atoms with Crippen LogP contribution in [0.25, 0.3) is 0 Å². The van der Waals surface area contributed by atoms with E-state index < -0.39 is 0 Å². The summed E-state index contributed by atoms with van der Waals surface area (Å²) in [6, 6.07) is 6.62. The maximum absolute atomic E-state index is 5.36. The number of benzene rings is 1. The minimum atomic E-state index is 0.711. The first-order valence-corrected chi connectivity index (χ1v) is 8.61. The summed E-state index contributed by atoms with van der Waals surface area (Å²) in [7, 11) is 1.75. The first-order chi connectivity index (χ1) is 10.3. The first-order valence-electron chi connectivity index (χ1n) is 8.61. The normalized spacial score (nSPS) is 22.8. The summed E-state index contributed by atoms with van der Waals surface area (Å²) in [5.41, 5.74) is 2.93. The molecule has 1 saturated carbocycles. The average molecular weight is 289 g/mol. The standard InChI is InChI=1S/C19H31NO/c1-4-12-20-14-16-8-6-5-7-9-19(16)18-11-10-17(21-3)13-15(18)2/h10-11,13,16,19-20H,4-9,12,14H2,1-3H3. The summed E-state index contributed by atoms with van der Waals surface area (Å²) < 4.78 is 5.36. The van der Waals surface area contributed by atoms with Crippen molar-refractivity contribution >= 4 is 0 Å². The zero-order valence-corrected chi connectivity index (χ0v) is 14.0. The Bertz CT molecular complexity index is 430. The fourth-order valence-electron chi connectivity index (χ4n) is 3.69. The monoisotopic (exact) mass is 289 g/mol. The van der Waals surface area contributed by atoms with Crippen LogP contribution in [0.5, 0.6) is 5.75 Å². The molecule has 0 radical (unpaired) electrons. The number of nitrogens with one attached hydrogen (secondary N) is 1. The molecule has 118 valence electrons. The number of methoxy groups -OCH3 is 1. The van der Waals surface area contributed by atoms with Gasteiger partial charge in [0.15, 0.2) is 0 Å². The van der Waals surface area contributed by atoms with Crippen LogP contribution in [0.15, 0.2) is 18.2 Å². The van der Waals surface area contributed by atoms with Crippen LogP contribution in [0.1, 0.15) is 62.5 Å². The smallest absolute Gasteiger partial charge is 0.119 e. The van der Waals surface area contributed by atoms with E-state index in [4.69, 9.17) is 4.74 Å². The molecule has 21 heavy (non-hydrogen) atoms. The summed E-state index contributed by atoms with van der Waals surface area (Å²) >= 11 is 0. The second kappa shape index (κ2) is 8.43. The van der Waals surface area contributed by atoms with Gasteiger partial charge in [-0.25, -0.2) is 0 Å². The predicted octanol–water partition coefficient (Wildman–Crippen LogP) is 4.67. The summed E-state index contributed by atoms with van der Waals surface area (Å²) in [5, 5.41) is 3.65. The van der Waals surface area contributed by atoms with Gasteiger partial charge in [0.05, 0.1) is 7.11 Å². The van der Waals surface area contributed by atoms with E-state index in [1.165, 1.54) is 50.6 Å². The third-order valence-corrected chi connectivity index (χ3v) is 4.87. The summed E-state index contributed by atoms with van der Waals surface area (Å²) in [6.45, 7) is 6.79. The molecule has 2 atom stereocenters. The fraction of sp³-hybridized carbons (Fsp3) is 0.684. The Hall–Kier alpha value is -1.02. The van der Waals surface area contributed by atoms with Crippen LogP contribution in [0, 0.1) is 12.8 Å². The van der Waals surface area contributed by atoms with Crippen molar-refractivity contribution in [1.82, 2.24) is 5.32 Å². The first kappa shape index (κ1) is 16.4. The van der Waals surface area contributed by atoms with Crippen molar-refractivity contribution in [3.63, 3.8) is 0 Å². The van der Waals surface area contributed by atoms with E-state index in [0.29, 0.717) is 5.92 Å². The van der Waals surface area contributed by atoms with Crippen LogP contribution < -0.4 is 10.1 Å². The SMILES string of the molecule is CCCNCC1CCCCCC1c1ccc(OC)cc1C. The molecule has 1 fully saturated rings. The van der Waals surface area contributed by atoms with Crippen LogP contribution in [0.3, 0.4) is 0 Å². The fourth-order valence-corrected chi connectivity index (χ4v) is 3.69. The van der Waals surface area contributed by atoms with Gasteiger partial charge in [-0.3, -0.25) is 0 Å². The molecule has 1 N–H and O–H groups in total. The van der Waals surface area contributed by atoms with Gasteiger partial charge in [-0.1, -0.05) is 32.3 Å². The van der Waals surface area contributed by atoms with Crippen molar-refractivity contribution in [2.75, 3.05) is 20.2 Å². The van der Waals surface area contributed by atoms with E-state index >= 15 is 0 Å². The Morgan fingerprint density at radius 1 is 1.19 bits per heavy atom. The van der Waals surface area contributed by atoms with Crippen molar-refractivity contribution < 1.29 is 4.74 Å².